The Kier molecular flexibility index (Phi) is 5.48. The number of aryl methyl sites for hydroxylation is 1. The van der Waals surface area contributed by atoms with E-state index in [1.54, 1.807) is 19.4 Å². The van der Waals surface area contributed by atoms with E-state index in [4.69, 9.17) is 21.1 Å². The average Bonchev–Trinajstić information content (AvgIpc) is 3.05. The van der Waals surface area contributed by atoms with Gasteiger partial charge in [0, 0.05) is 13.1 Å². The molecule has 0 bridgehead atoms. The molecule has 7 heteroatoms. The van der Waals surface area contributed by atoms with E-state index in [2.05, 4.69) is 10.4 Å². The largest absolute Gasteiger partial charge is 0.493 e. The molecule has 0 saturated carbocycles. The highest BCUT2D eigenvalue weighted by molar-refractivity contribution is 6.32. The molecule has 6 nitrogen and oxygen atoms in total. The minimum absolute atomic E-state index is 0.118. The average molecular weight is 364 g/mol. The van der Waals surface area contributed by atoms with E-state index in [1.807, 2.05) is 17.7 Å². The van der Waals surface area contributed by atoms with E-state index >= 15 is 0 Å². The van der Waals surface area contributed by atoms with Crippen molar-refractivity contribution in [3.8, 4) is 11.5 Å². The molecule has 0 saturated heterocycles. The maximum Gasteiger partial charge on any atom is 0.255 e. The SMILES string of the molecule is CCOc1c(Cl)cc(CNC(=O)c2cnn3c2CCCC3)cc1OC. The second-order valence-electron chi connectivity index (χ2n) is 5.91. The van der Waals surface area contributed by atoms with E-state index in [-0.39, 0.29) is 5.91 Å². The number of carbonyl (C=O) groups excluding carboxylic acids is 1. The standard InChI is InChI=1S/C18H22ClN3O3/c1-3-25-17-14(19)8-12(9-16(17)24-2)10-20-18(23)13-11-21-22-7-5-4-6-15(13)22/h8-9,11H,3-7,10H2,1-2H3,(H,20,23). The number of aromatic nitrogens is 2. The Hall–Kier alpha value is -2.21. The van der Waals surface area contributed by atoms with Gasteiger partial charge in [0.15, 0.2) is 11.5 Å². The van der Waals surface area contributed by atoms with Crippen molar-refractivity contribution in [1.29, 1.82) is 0 Å². The maximum absolute atomic E-state index is 12.5. The topological polar surface area (TPSA) is 65.4 Å². The lowest BCUT2D eigenvalue weighted by Gasteiger charge is -2.15. The molecule has 2 heterocycles. The highest BCUT2D eigenvalue weighted by Crippen LogP contribution is 2.36. The molecular formula is C18H22ClN3O3. The van der Waals surface area contributed by atoms with Gasteiger partial charge in [-0.1, -0.05) is 11.6 Å². The van der Waals surface area contributed by atoms with Crippen LogP contribution in [0.25, 0.3) is 0 Å². The maximum atomic E-state index is 12.5. The third-order valence-corrected chi connectivity index (χ3v) is 4.54. The molecule has 1 N–H and O–H groups in total. The number of nitrogens with one attached hydrogen (secondary N) is 1. The fourth-order valence-electron chi connectivity index (χ4n) is 3.05. The summed E-state index contributed by atoms with van der Waals surface area (Å²) in [7, 11) is 1.57. The molecule has 25 heavy (non-hydrogen) atoms. The van der Waals surface area contributed by atoms with Gasteiger partial charge in [-0.05, 0) is 43.9 Å². The van der Waals surface area contributed by atoms with Crippen molar-refractivity contribution in [1.82, 2.24) is 15.1 Å². The van der Waals surface area contributed by atoms with E-state index < -0.39 is 0 Å². The molecule has 3 rings (SSSR count). The van der Waals surface area contributed by atoms with Crippen LogP contribution in [0.15, 0.2) is 18.3 Å². The zero-order chi connectivity index (χ0) is 17.8. The van der Waals surface area contributed by atoms with Gasteiger partial charge in [0.05, 0.1) is 36.2 Å². The van der Waals surface area contributed by atoms with Crippen LogP contribution in [-0.2, 0) is 19.5 Å². The number of halogens is 1. The van der Waals surface area contributed by atoms with Gasteiger partial charge < -0.3 is 14.8 Å². The molecule has 0 fully saturated rings. The number of benzene rings is 1. The van der Waals surface area contributed by atoms with Gasteiger partial charge in [-0.25, -0.2) is 0 Å². The number of ether oxygens (including phenoxy) is 2. The number of carbonyl (C=O) groups is 1. The molecule has 1 amide bonds. The first kappa shape index (κ1) is 17.6. The molecule has 1 aromatic heterocycles. The molecule has 134 valence electrons. The number of nitrogens with zero attached hydrogens (tertiary/aromatic N) is 2. The Labute approximate surface area is 152 Å². The van der Waals surface area contributed by atoms with E-state index in [1.165, 1.54) is 0 Å². The first-order valence-electron chi connectivity index (χ1n) is 8.46. The Morgan fingerprint density at radius 2 is 2.24 bits per heavy atom. The molecule has 1 aliphatic heterocycles. The molecule has 0 spiro atoms. The highest BCUT2D eigenvalue weighted by Gasteiger charge is 2.20. The fourth-order valence-corrected chi connectivity index (χ4v) is 3.34. The highest BCUT2D eigenvalue weighted by atomic mass is 35.5. The molecule has 0 aliphatic carbocycles. The van der Waals surface area contributed by atoms with Crippen LogP contribution >= 0.6 is 11.6 Å². The van der Waals surface area contributed by atoms with Gasteiger partial charge in [0.1, 0.15) is 0 Å². The Bertz CT molecular complexity index is 773. The quantitative estimate of drug-likeness (QED) is 0.855. The lowest BCUT2D eigenvalue weighted by molar-refractivity contribution is 0.0949. The molecule has 1 aliphatic rings. The van der Waals surface area contributed by atoms with Crippen LogP contribution in [0.4, 0.5) is 0 Å². The smallest absolute Gasteiger partial charge is 0.255 e. The number of hydrogen-bond acceptors (Lipinski definition) is 4. The van der Waals surface area contributed by atoms with Gasteiger partial charge in [-0.3, -0.25) is 9.48 Å². The van der Waals surface area contributed by atoms with E-state index in [0.29, 0.717) is 35.2 Å². The molecule has 0 atom stereocenters. The van der Waals surface area contributed by atoms with Crippen LogP contribution in [0.1, 0.15) is 41.4 Å². The summed E-state index contributed by atoms with van der Waals surface area (Å²) in [5.74, 6) is 0.959. The van der Waals surface area contributed by atoms with Gasteiger partial charge in [0.25, 0.3) is 5.91 Å². The summed E-state index contributed by atoms with van der Waals surface area (Å²) < 4.78 is 12.8. The molecule has 1 aromatic carbocycles. The second kappa shape index (κ2) is 7.78. The van der Waals surface area contributed by atoms with Crippen LogP contribution in [0.2, 0.25) is 5.02 Å². The second-order valence-corrected chi connectivity index (χ2v) is 6.32. The van der Waals surface area contributed by atoms with Crippen molar-refractivity contribution in [2.24, 2.45) is 0 Å². The summed E-state index contributed by atoms with van der Waals surface area (Å²) >= 11 is 6.27. The van der Waals surface area contributed by atoms with Crippen LogP contribution in [0.3, 0.4) is 0 Å². The number of hydrogen-bond donors (Lipinski definition) is 1. The molecule has 0 unspecified atom stereocenters. The van der Waals surface area contributed by atoms with Gasteiger partial charge >= 0.3 is 0 Å². The third-order valence-electron chi connectivity index (χ3n) is 4.26. The molecule has 2 aromatic rings. The fraction of sp³-hybridized carbons (Fsp3) is 0.444. The van der Waals surface area contributed by atoms with Crippen molar-refractivity contribution in [3.05, 3.63) is 40.2 Å². The van der Waals surface area contributed by atoms with Crippen LogP contribution in [0, 0.1) is 0 Å². The zero-order valence-corrected chi connectivity index (χ0v) is 15.2. The number of rotatable bonds is 6. The first-order valence-corrected chi connectivity index (χ1v) is 8.84. The number of methoxy groups -OCH3 is 1. The summed E-state index contributed by atoms with van der Waals surface area (Å²) in [5.41, 5.74) is 2.52. The van der Waals surface area contributed by atoms with Crippen LogP contribution < -0.4 is 14.8 Å². The normalized spacial score (nSPS) is 13.2. The van der Waals surface area contributed by atoms with Crippen molar-refractivity contribution < 1.29 is 14.3 Å². The predicted octanol–water partition coefficient (Wildman–Crippen LogP) is 3.21. The van der Waals surface area contributed by atoms with Crippen molar-refractivity contribution >= 4 is 17.5 Å². The van der Waals surface area contributed by atoms with Crippen molar-refractivity contribution in [3.63, 3.8) is 0 Å². The number of amides is 1. The summed E-state index contributed by atoms with van der Waals surface area (Å²) in [5, 5.41) is 7.70. The van der Waals surface area contributed by atoms with Gasteiger partial charge in [-0.2, -0.15) is 5.10 Å². The summed E-state index contributed by atoms with van der Waals surface area (Å²) in [6, 6.07) is 3.60. The lowest BCUT2D eigenvalue weighted by Crippen LogP contribution is -2.24. The summed E-state index contributed by atoms with van der Waals surface area (Å²) in [4.78, 5) is 12.5. The van der Waals surface area contributed by atoms with Crippen LogP contribution in [-0.4, -0.2) is 29.4 Å². The monoisotopic (exact) mass is 363 g/mol. The van der Waals surface area contributed by atoms with E-state index in [0.717, 1.165) is 37.1 Å². The van der Waals surface area contributed by atoms with E-state index in [9.17, 15) is 4.79 Å². The van der Waals surface area contributed by atoms with Crippen LogP contribution in [0.5, 0.6) is 11.5 Å². The number of fused-ring (bicyclic) bond motifs is 1. The van der Waals surface area contributed by atoms with Crippen molar-refractivity contribution in [2.45, 2.75) is 39.3 Å². The third kappa shape index (κ3) is 3.74. The Morgan fingerprint density at radius 1 is 1.40 bits per heavy atom. The molecule has 0 radical (unpaired) electrons. The molecular weight excluding hydrogens is 342 g/mol. The minimum Gasteiger partial charge on any atom is -0.493 e. The lowest BCUT2D eigenvalue weighted by atomic mass is 10.1. The van der Waals surface area contributed by atoms with Gasteiger partial charge in [0.2, 0.25) is 0 Å². The summed E-state index contributed by atoms with van der Waals surface area (Å²) in [6.07, 6.45) is 4.76. The zero-order valence-electron chi connectivity index (χ0n) is 14.5. The van der Waals surface area contributed by atoms with Gasteiger partial charge in [-0.15, -0.1) is 0 Å². The minimum atomic E-state index is -0.118. The van der Waals surface area contributed by atoms with Crippen molar-refractivity contribution in [2.75, 3.05) is 13.7 Å². The summed E-state index contributed by atoms with van der Waals surface area (Å²) in [6.45, 7) is 3.62. The predicted molar refractivity (Wildman–Crippen MR) is 95.5 cm³/mol. The first-order chi connectivity index (χ1) is 12.1. The Balaban J connectivity index is 1.72. The Morgan fingerprint density at radius 3 is 3.00 bits per heavy atom.